The van der Waals surface area contributed by atoms with Gasteiger partial charge in [-0.25, -0.2) is 8.42 Å². The molecule has 0 saturated carbocycles. The van der Waals surface area contributed by atoms with Gasteiger partial charge in [-0.05, 0) is 67.1 Å². The summed E-state index contributed by atoms with van der Waals surface area (Å²) < 4.78 is 33.2. The van der Waals surface area contributed by atoms with E-state index in [9.17, 15) is 23.1 Å². The average Bonchev–Trinajstić information content (AvgIpc) is 3.05. The molecule has 0 bridgehead atoms. The van der Waals surface area contributed by atoms with Crippen molar-refractivity contribution in [3.8, 4) is 0 Å². The Morgan fingerprint density at radius 2 is 1.84 bits per heavy atom. The first-order valence-corrected chi connectivity index (χ1v) is 17.4. The number of aliphatic hydroxyl groups is 1. The summed E-state index contributed by atoms with van der Waals surface area (Å²) in [7, 11) is 1.64. The van der Waals surface area contributed by atoms with Crippen molar-refractivity contribution in [2.24, 2.45) is 11.3 Å². The molecule has 44 heavy (non-hydrogen) atoms. The van der Waals surface area contributed by atoms with E-state index >= 15 is 0 Å². The molecule has 244 valence electrons. The molecule has 4 unspecified atom stereocenters. The number of hydrogen-bond donors (Lipinski definition) is 3. The van der Waals surface area contributed by atoms with Gasteiger partial charge >= 0.3 is 5.97 Å². The van der Waals surface area contributed by atoms with Crippen molar-refractivity contribution in [3.63, 3.8) is 0 Å². The zero-order valence-corrected chi connectivity index (χ0v) is 27.7. The molecule has 1 aliphatic heterocycles. The van der Waals surface area contributed by atoms with Crippen molar-refractivity contribution in [1.82, 2.24) is 0 Å². The van der Waals surface area contributed by atoms with E-state index in [2.05, 4.69) is 12.2 Å². The van der Waals surface area contributed by atoms with Crippen LogP contribution < -0.4 is 10.2 Å². The highest BCUT2D eigenvalue weighted by Crippen LogP contribution is 2.49. The lowest BCUT2D eigenvalue weighted by Crippen LogP contribution is -2.42. The normalized spacial score (nSPS) is 21.6. The van der Waals surface area contributed by atoms with Gasteiger partial charge in [-0.2, -0.15) is 0 Å². The molecule has 2 aromatic carbocycles. The van der Waals surface area contributed by atoms with Gasteiger partial charge in [0, 0.05) is 50.3 Å². The van der Waals surface area contributed by atoms with Crippen molar-refractivity contribution in [2.45, 2.75) is 88.6 Å². The second-order valence-electron chi connectivity index (χ2n) is 12.4. The summed E-state index contributed by atoms with van der Waals surface area (Å²) in [6.07, 6.45) is 4.49. The van der Waals surface area contributed by atoms with Crippen LogP contribution in [0.1, 0.15) is 88.7 Å². The number of aliphatic carboxylic acids is 1. The molecule has 1 amide bonds. The zero-order valence-electron chi connectivity index (χ0n) is 26.8. The fourth-order valence-electron chi connectivity index (χ4n) is 6.39. The third kappa shape index (κ3) is 8.61. The second-order valence-corrected chi connectivity index (χ2v) is 14.3. The van der Waals surface area contributed by atoms with Gasteiger partial charge < -0.3 is 25.2 Å². The number of benzene rings is 2. The molecule has 2 aromatic rings. The van der Waals surface area contributed by atoms with Crippen LogP contribution in [0.5, 0.6) is 0 Å². The van der Waals surface area contributed by atoms with Crippen LogP contribution in [0.15, 0.2) is 47.4 Å². The van der Waals surface area contributed by atoms with E-state index in [-0.39, 0.29) is 29.6 Å². The van der Waals surface area contributed by atoms with Gasteiger partial charge in [0.15, 0.2) is 9.84 Å². The molecule has 10 heteroatoms. The summed E-state index contributed by atoms with van der Waals surface area (Å²) in [5.41, 5.74) is 1.86. The van der Waals surface area contributed by atoms with Crippen LogP contribution in [0, 0.1) is 11.3 Å². The highest BCUT2D eigenvalue weighted by atomic mass is 32.2. The van der Waals surface area contributed by atoms with Crippen molar-refractivity contribution in [2.75, 3.05) is 43.8 Å². The van der Waals surface area contributed by atoms with Crippen molar-refractivity contribution < 1.29 is 33.0 Å². The summed E-state index contributed by atoms with van der Waals surface area (Å²) in [4.78, 5) is 26.3. The summed E-state index contributed by atoms with van der Waals surface area (Å²) in [5.74, 6) is -2.18. The predicted molar refractivity (Wildman–Crippen MR) is 174 cm³/mol. The molecule has 0 saturated heterocycles. The van der Waals surface area contributed by atoms with E-state index in [1.54, 1.807) is 25.3 Å². The summed E-state index contributed by atoms with van der Waals surface area (Å²) >= 11 is 0. The minimum Gasteiger partial charge on any atom is -0.481 e. The van der Waals surface area contributed by atoms with Gasteiger partial charge in [-0.3, -0.25) is 9.59 Å². The number of methoxy groups -OCH3 is 1. The Bertz CT molecular complexity index is 1380. The topological polar surface area (TPSA) is 133 Å². The minimum atomic E-state index is -3.70. The quantitative estimate of drug-likeness (QED) is 0.197. The first-order chi connectivity index (χ1) is 20.9. The van der Waals surface area contributed by atoms with E-state index in [1.807, 2.05) is 50.2 Å². The molecule has 0 radical (unpaired) electrons. The number of unbranched alkanes of at least 4 members (excludes halogenated alkanes) is 3. The number of ether oxygens (including phenoxy) is 1. The number of fused-ring (bicyclic) bond motifs is 1. The third-order valence-corrected chi connectivity index (χ3v) is 11.0. The van der Waals surface area contributed by atoms with Crippen LogP contribution in [0.2, 0.25) is 0 Å². The predicted octanol–water partition coefficient (Wildman–Crippen LogP) is 5.86. The Kier molecular flexibility index (Phi) is 12.8. The number of carbonyl (C=O) groups is 2. The van der Waals surface area contributed by atoms with Gasteiger partial charge in [0.25, 0.3) is 0 Å². The minimum absolute atomic E-state index is 0.110. The number of anilines is 2. The average molecular weight is 631 g/mol. The van der Waals surface area contributed by atoms with E-state index in [4.69, 9.17) is 9.84 Å². The van der Waals surface area contributed by atoms with E-state index in [1.165, 1.54) is 0 Å². The molecule has 0 fully saturated rings. The van der Waals surface area contributed by atoms with Crippen LogP contribution >= 0.6 is 0 Å². The van der Waals surface area contributed by atoms with Crippen LogP contribution in [-0.4, -0.2) is 70.2 Å². The number of hydrogen-bond acceptors (Lipinski definition) is 7. The Morgan fingerprint density at radius 3 is 2.48 bits per heavy atom. The zero-order chi connectivity index (χ0) is 32.5. The molecule has 3 rings (SSSR count). The summed E-state index contributed by atoms with van der Waals surface area (Å²) in [5, 5.41) is 24.1. The van der Waals surface area contributed by atoms with Gasteiger partial charge in [-0.15, -0.1) is 0 Å². The Hall–Kier alpha value is -2.95. The van der Waals surface area contributed by atoms with Crippen molar-refractivity contribution >= 4 is 33.1 Å². The number of aliphatic hydroxyl groups excluding tert-OH is 1. The van der Waals surface area contributed by atoms with Gasteiger partial charge in [0.2, 0.25) is 5.91 Å². The summed E-state index contributed by atoms with van der Waals surface area (Å²) in [6.45, 7) is 4.26. The van der Waals surface area contributed by atoms with Gasteiger partial charge in [-0.1, -0.05) is 51.7 Å². The smallest absolute Gasteiger partial charge is 0.303 e. The Morgan fingerprint density at radius 1 is 1.09 bits per heavy atom. The number of nitrogens with zero attached hydrogens (tertiary/aromatic N) is 1. The lowest BCUT2D eigenvalue weighted by Gasteiger charge is -2.39. The summed E-state index contributed by atoms with van der Waals surface area (Å²) in [6, 6.07) is 12.7. The van der Waals surface area contributed by atoms with Crippen molar-refractivity contribution in [1.29, 1.82) is 0 Å². The highest BCUT2D eigenvalue weighted by molar-refractivity contribution is 7.91. The maximum Gasteiger partial charge on any atom is 0.303 e. The number of carboxylic acids is 1. The van der Waals surface area contributed by atoms with E-state index < -0.39 is 39.2 Å². The molecule has 0 spiro atoms. The maximum absolute atomic E-state index is 13.9. The molecule has 3 N–H and O–H groups in total. The fraction of sp³-hybridized carbons (Fsp3) is 0.588. The lowest BCUT2D eigenvalue weighted by atomic mass is 9.69. The Labute approximate surface area is 262 Å². The molecule has 1 aliphatic rings. The van der Waals surface area contributed by atoms with Crippen LogP contribution in [0.3, 0.4) is 0 Å². The largest absolute Gasteiger partial charge is 0.481 e. The molecule has 9 nitrogen and oxygen atoms in total. The molecular weight excluding hydrogens is 580 g/mol. The Balaban J connectivity index is 2.01. The molecule has 1 heterocycles. The van der Waals surface area contributed by atoms with Gasteiger partial charge in [0.05, 0.1) is 29.3 Å². The van der Waals surface area contributed by atoms with E-state index in [0.717, 1.165) is 24.1 Å². The molecule has 4 atom stereocenters. The van der Waals surface area contributed by atoms with Crippen molar-refractivity contribution in [3.05, 3.63) is 53.6 Å². The second kappa shape index (κ2) is 15.9. The first kappa shape index (κ1) is 35.5. The van der Waals surface area contributed by atoms with Crippen LogP contribution in [0.25, 0.3) is 0 Å². The lowest BCUT2D eigenvalue weighted by molar-refractivity contribution is -0.137. The number of carboxylic acid groups (broad SMARTS) is 1. The number of carbonyl (C=O) groups excluding carboxylic acids is 1. The first-order valence-electron chi connectivity index (χ1n) is 15.7. The van der Waals surface area contributed by atoms with E-state index in [0.29, 0.717) is 49.8 Å². The maximum atomic E-state index is 13.9. The number of nitrogens with one attached hydrogen (secondary N) is 1. The third-order valence-electron chi connectivity index (χ3n) is 9.03. The number of amides is 1. The van der Waals surface area contributed by atoms with Crippen LogP contribution in [0.4, 0.5) is 11.4 Å². The monoisotopic (exact) mass is 630 g/mol. The molecular formula is C34H50N2O7S. The standard InChI is InChI=1S/C34H50N2O7S/c1-6-8-19-34(7-2)23-44(41,42)29-18-17-27(36(3)4)21-28(29)31(32(34)39)24-14-12-15-26(20-24)35-33(40)25(22-43-5)13-10-9-11-16-30(37)38/h12,14-15,17-18,20-21,25,31-32,39H,6-11,13,16,19,22-23H2,1-5H3,(H,35,40)(H,37,38). The number of rotatable bonds is 16. The molecule has 0 aromatic heterocycles. The fourth-order valence-corrected chi connectivity index (χ4v) is 8.65. The SMILES string of the molecule is CCCCC1(CC)CS(=O)(=O)c2ccc(N(C)C)cc2C(c2cccc(NC(=O)C(CCCCCC(=O)O)COC)c2)C1O. The number of sulfone groups is 1. The molecule has 0 aliphatic carbocycles. The van der Waals surface area contributed by atoms with Gasteiger partial charge in [0.1, 0.15) is 0 Å². The van der Waals surface area contributed by atoms with Crippen LogP contribution in [-0.2, 0) is 24.2 Å². The highest BCUT2D eigenvalue weighted by Gasteiger charge is 2.49.